The summed E-state index contributed by atoms with van der Waals surface area (Å²) in [5.74, 6) is 1.42. The third-order valence-corrected chi connectivity index (χ3v) is 4.50. The molecule has 0 saturated carbocycles. The van der Waals surface area contributed by atoms with Gasteiger partial charge >= 0.3 is 0 Å². The minimum Gasteiger partial charge on any atom is -0.467 e. The quantitative estimate of drug-likeness (QED) is 0.601. The second kappa shape index (κ2) is 6.51. The number of amides is 1. The van der Waals surface area contributed by atoms with Crippen LogP contribution in [0.3, 0.4) is 0 Å². The minimum absolute atomic E-state index is 0.128. The van der Waals surface area contributed by atoms with E-state index in [0.717, 1.165) is 22.8 Å². The largest absolute Gasteiger partial charge is 0.467 e. The van der Waals surface area contributed by atoms with Crippen LogP contribution in [0.25, 0.3) is 5.65 Å². The molecule has 0 saturated heterocycles. The molecule has 4 aromatic rings. The van der Waals surface area contributed by atoms with E-state index in [0.29, 0.717) is 24.5 Å². The van der Waals surface area contributed by atoms with Gasteiger partial charge in [-0.3, -0.25) is 9.20 Å². The lowest BCUT2D eigenvalue weighted by Gasteiger charge is -2.08. The molecule has 0 spiro atoms. The lowest BCUT2D eigenvalue weighted by atomic mass is 10.2. The van der Waals surface area contributed by atoms with Crippen molar-refractivity contribution in [1.29, 1.82) is 0 Å². The van der Waals surface area contributed by atoms with E-state index in [1.54, 1.807) is 6.26 Å². The van der Waals surface area contributed by atoms with Crippen molar-refractivity contribution in [2.75, 3.05) is 0 Å². The number of hydrogen-bond acceptors (Lipinski definition) is 4. The van der Waals surface area contributed by atoms with Gasteiger partial charge in [-0.05, 0) is 44.2 Å². The number of carbonyl (C=O) groups excluding carboxylic acids is 1. The van der Waals surface area contributed by atoms with Gasteiger partial charge in [-0.2, -0.15) is 0 Å². The summed E-state index contributed by atoms with van der Waals surface area (Å²) in [6.45, 7) is 4.84. The number of rotatable bonds is 5. The maximum absolute atomic E-state index is 12.7. The van der Waals surface area contributed by atoms with Crippen LogP contribution >= 0.6 is 0 Å². The topological polar surface area (TPSA) is 77.4 Å². The van der Waals surface area contributed by atoms with E-state index in [1.165, 1.54) is 0 Å². The van der Waals surface area contributed by atoms with Crippen LogP contribution in [0.1, 0.15) is 33.3 Å². The SMILES string of the molecule is Cc1cc(C(=O)NCc2nnc3ccccn23)c(C)n1Cc1ccco1. The summed E-state index contributed by atoms with van der Waals surface area (Å²) in [6.07, 6.45) is 3.53. The molecule has 0 aliphatic rings. The lowest BCUT2D eigenvalue weighted by molar-refractivity contribution is 0.0949. The van der Waals surface area contributed by atoms with Crippen LogP contribution in [0.15, 0.2) is 53.3 Å². The van der Waals surface area contributed by atoms with Crippen molar-refractivity contribution in [2.24, 2.45) is 0 Å². The molecule has 0 radical (unpaired) electrons. The molecule has 1 amide bonds. The Morgan fingerprint density at radius 1 is 1.19 bits per heavy atom. The average molecular weight is 349 g/mol. The van der Waals surface area contributed by atoms with Gasteiger partial charge in [-0.25, -0.2) is 0 Å². The number of nitrogens with zero attached hydrogens (tertiary/aromatic N) is 4. The predicted molar refractivity (Wildman–Crippen MR) is 95.9 cm³/mol. The van der Waals surface area contributed by atoms with Crippen LogP contribution in [0, 0.1) is 13.8 Å². The van der Waals surface area contributed by atoms with Crippen LogP contribution in [0.4, 0.5) is 0 Å². The number of aryl methyl sites for hydroxylation is 1. The van der Waals surface area contributed by atoms with Gasteiger partial charge < -0.3 is 14.3 Å². The van der Waals surface area contributed by atoms with Crippen LogP contribution in [0.2, 0.25) is 0 Å². The number of aromatic nitrogens is 4. The van der Waals surface area contributed by atoms with Crippen molar-refractivity contribution in [1.82, 2.24) is 24.5 Å². The Labute approximate surface area is 150 Å². The van der Waals surface area contributed by atoms with E-state index < -0.39 is 0 Å². The summed E-state index contributed by atoms with van der Waals surface area (Å²) < 4.78 is 9.35. The molecular weight excluding hydrogens is 330 g/mol. The summed E-state index contributed by atoms with van der Waals surface area (Å²) in [5, 5.41) is 11.2. The zero-order valence-corrected chi connectivity index (χ0v) is 14.6. The first-order valence-corrected chi connectivity index (χ1v) is 8.39. The third kappa shape index (κ3) is 2.88. The van der Waals surface area contributed by atoms with E-state index >= 15 is 0 Å². The number of fused-ring (bicyclic) bond motifs is 1. The van der Waals surface area contributed by atoms with Gasteiger partial charge in [0, 0.05) is 17.6 Å². The zero-order chi connectivity index (χ0) is 18.1. The highest BCUT2D eigenvalue weighted by Crippen LogP contribution is 2.17. The van der Waals surface area contributed by atoms with Crippen molar-refractivity contribution < 1.29 is 9.21 Å². The van der Waals surface area contributed by atoms with Crippen molar-refractivity contribution in [3.63, 3.8) is 0 Å². The summed E-state index contributed by atoms with van der Waals surface area (Å²) in [7, 11) is 0. The van der Waals surface area contributed by atoms with Gasteiger partial charge in [0.05, 0.1) is 24.9 Å². The Morgan fingerprint density at radius 3 is 2.88 bits per heavy atom. The van der Waals surface area contributed by atoms with E-state index in [4.69, 9.17) is 4.42 Å². The van der Waals surface area contributed by atoms with Gasteiger partial charge in [0.15, 0.2) is 11.5 Å². The Hall–Kier alpha value is -3.35. The lowest BCUT2D eigenvalue weighted by Crippen LogP contribution is -2.24. The maximum atomic E-state index is 12.7. The molecule has 4 heterocycles. The van der Waals surface area contributed by atoms with E-state index in [9.17, 15) is 4.79 Å². The summed E-state index contributed by atoms with van der Waals surface area (Å²) in [4.78, 5) is 12.7. The molecule has 0 aliphatic carbocycles. The fraction of sp³-hybridized carbons (Fsp3) is 0.211. The smallest absolute Gasteiger partial charge is 0.253 e. The molecular formula is C19H19N5O2. The van der Waals surface area contributed by atoms with Crippen molar-refractivity contribution >= 4 is 11.6 Å². The number of carbonyl (C=O) groups is 1. The second-order valence-corrected chi connectivity index (χ2v) is 6.18. The van der Waals surface area contributed by atoms with Crippen LogP contribution < -0.4 is 5.32 Å². The summed E-state index contributed by atoms with van der Waals surface area (Å²) in [6, 6.07) is 11.4. The molecule has 0 aliphatic heterocycles. The molecule has 7 heteroatoms. The van der Waals surface area contributed by atoms with E-state index in [-0.39, 0.29) is 5.91 Å². The Balaban J connectivity index is 1.51. The standard InChI is InChI=1S/C19H19N5O2/c1-13-10-16(14(2)24(13)12-15-6-5-9-26-15)19(25)20-11-18-22-21-17-7-3-4-8-23(17)18/h3-10H,11-12H2,1-2H3,(H,20,25). The molecule has 26 heavy (non-hydrogen) atoms. The maximum Gasteiger partial charge on any atom is 0.253 e. The number of nitrogens with one attached hydrogen (secondary N) is 1. The molecule has 0 bridgehead atoms. The summed E-state index contributed by atoms with van der Waals surface area (Å²) >= 11 is 0. The molecule has 4 rings (SSSR count). The van der Waals surface area contributed by atoms with Crippen LogP contribution in [-0.4, -0.2) is 25.1 Å². The van der Waals surface area contributed by atoms with Crippen molar-refractivity contribution in [3.05, 3.63) is 77.4 Å². The Kier molecular flexibility index (Phi) is 4.04. The van der Waals surface area contributed by atoms with E-state index in [1.807, 2.05) is 60.8 Å². The van der Waals surface area contributed by atoms with Crippen molar-refractivity contribution in [2.45, 2.75) is 26.9 Å². The minimum atomic E-state index is -0.128. The van der Waals surface area contributed by atoms with Crippen molar-refractivity contribution in [3.8, 4) is 0 Å². The molecule has 0 fully saturated rings. The van der Waals surface area contributed by atoms with Gasteiger partial charge in [0.2, 0.25) is 0 Å². The van der Waals surface area contributed by atoms with Gasteiger partial charge in [0.25, 0.3) is 5.91 Å². The highest BCUT2D eigenvalue weighted by molar-refractivity contribution is 5.95. The monoisotopic (exact) mass is 349 g/mol. The normalized spacial score (nSPS) is 11.2. The van der Waals surface area contributed by atoms with Crippen LogP contribution in [0.5, 0.6) is 0 Å². The molecule has 7 nitrogen and oxygen atoms in total. The first-order valence-electron chi connectivity index (χ1n) is 8.39. The Morgan fingerprint density at radius 2 is 2.08 bits per heavy atom. The fourth-order valence-electron chi connectivity index (χ4n) is 3.10. The molecule has 132 valence electrons. The van der Waals surface area contributed by atoms with Gasteiger partial charge in [-0.1, -0.05) is 6.07 Å². The van der Waals surface area contributed by atoms with Gasteiger partial charge in [-0.15, -0.1) is 10.2 Å². The van der Waals surface area contributed by atoms with Gasteiger partial charge in [0.1, 0.15) is 5.76 Å². The number of furan rings is 1. The second-order valence-electron chi connectivity index (χ2n) is 6.18. The first kappa shape index (κ1) is 16.1. The molecule has 0 aromatic carbocycles. The highest BCUT2D eigenvalue weighted by atomic mass is 16.3. The third-order valence-electron chi connectivity index (χ3n) is 4.50. The highest BCUT2D eigenvalue weighted by Gasteiger charge is 2.17. The van der Waals surface area contributed by atoms with Crippen LogP contribution in [-0.2, 0) is 13.1 Å². The molecule has 0 unspecified atom stereocenters. The fourth-order valence-corrected chi connectivity index (χ4v) is 3.10. The molecule has 0 atom stereocenters. The number of pyridine rings is 1. The molecule has 4 aromatic heterocycles. The average Bonchev–Trinajstić information content (AvgIpc) is 3.36. The van der Waals surface area contributed by atoms with E-state index in [2.05, 4.69) is 20.1 Å². The number of hydrogen-bond donors (Lipinski definition) is 1. The zero-order valence-electron chi connectivity index (χ0n) is 14.6. The predicted octanol–water partition coefficient (Wildman–Crippen LogP) is 2.72. The first-order chi connectivity index (χ1) is 12.6. The Bertz CT molecular complexity index is 1060. The summed E-state index contributed by atoms with van der Waals surface area (Å²) in [5.41, 5.74) is 3.33. The molecule has 1 N–H and O–H groups in total.